The van der Waals surface area contributed by atoms with Gasteiger partial charge in [0.2, 0.25) is 5.91 Å². The summed E-state index contributed by atoms with van der Waals surface area (Å²) in [6, 6.07) is 17.2. The Hall–Kier alpha value is -3.10. The Labute approximate surface area is 194 Å². The predicted octanol–water partition coefficient (Wildman–Crippen LogP) is 2.41. The molecule has 2 N–H and O–H groups in total. The maximum atomic E-state index is 11.5. The first-order valence-corrected chi connectivity index (χ1v) is 11.4. The van der Waals surface area contributed by atoms with Gasteiger partial charge in [0, 0.05) is 19.6 Å². The molecule has 2 heterocycles. The van der Waals surface area contributed by atoms with Crippen molar-refractivity contribution in [3.63, 3.8) is 0 Å². The van der Waals surface area contributed by atoms with Gasteiger partial charge in [-0.2, -0.15) is 0 Å². The van der Waals surface area contributed by atoms with E-state index in [0.717, 1.165) is 43.0 Å². The molecule has 2 aliphatic heterocycles. The van der Waals surface area contributed by atoms with E-state index in [9.17, 15) is 14.7 Å². The normalized spacial score (nSPS) is 21.2. The highest BCUT2D eigenvalue weighted by Gasteiger charge is 2.34. The fourth-order valence-electron chi connectivity index (χ4n) is 4.25. The minimum Gasteiger partial charge on any atom is -0.494 e. The monoisotopic (exact) mass is 453 g/mol. The number of carbonyl (C=O) groups is 2. The number of likely N-dealkylation sites (tertiary alicyclic amines) is 1. The Kier molecular flexibility index (Phi) is 7.47. The summed E-state index contributed by atoms with van der Waals surface area (Å²) < 4.78 is 11.6. The fraction of sp³-hybridized carbons (Fsp3) is 0.440. The number of piperidine rings is 1. The zero-order valence-corrected chi connectivity index (χ0v) is 18.7. The smallest absolute Gasteiger partial charge is 0.324 e. The number of β-amino-alcohol motifs (C(OH)–C–C–N with tert-alkyl or cyclic N) is 1. The van der Waals surface area contributed by atoms with Crippen molar-refractivity contribution in [1.29, 1.82) is 0 Å². The van der Waals surface area contributed by atoms with Crippen LogP contribution in [-0.2, 0) is 11.3 Å². The summed E-state index contributed by atoms with van der Waals surface area (Å²) >= 11 is 0. The molecule has 0 aromatic heterocycles. The highest BCUT2D eigenvalue weighted by Crippen LogP contribution is 2.24. The second-order valence-corrected chi connectivity index (χ2v) is 8.76. The van der Waals surface area contributed by atoms with Crippen LogP contribution in [0.3, 0.4) is 0 Å². The molecule has 0 aliphatic carbocycles. The lowest BCUT2D eigenvalue weighted by atomic mass is 9.93. The molecule has 2 aromatic rings. The average Bonchev–Trinajstić information content (AvgIpc) is 3.14. The van der Waals surface area contributed by atoms with Gasteiger partial charge < -0.3 is 19.5 Å². The lowest BCUT2D eigenvalue weighted by Crippen LogP contribution is -2.51. The molecule has 33 heavy (non-hydrogen) atoms. The SMILES string of the molecule is O=C1CN(CCCOc2ccc(CN3CCCC(O)(COc4ccccc4)C3)cc2)C(=O)N1. The van der Waals surface area contributed by atoms with Crippen molar-refractivity contribution in [3.05, 3.63) is 60.2 Å². The number of nitrogens with zero attached hydrogens (tertiary/aromatic N) is 2. The van der Waals surface area contributed by atoms with E-state index < -0.39 is 5.60 Å². The summed E-state index contributed by atoms with van der Waals surface area (Å²) in [7, 11) is 0. The quantitative estimate of drug-likeness (QED) is 0.424. The minimum atomic E-state index is -0.853. The van der Waals surface area contributed by atoms with Crippen molar-refractivity contribution in [1.82, 2.24) is 15.1 Å². The topological polar surface area (TPSA) is 91.3 Å². The molecule has 2 fully saturated rings. The van der Waals surface area contributed by atoms with Gasteiger partial charge in [0.15, 0.2) is 0 Å². The third kappa shape index (κ3) is 6.69. The summed E-state index contributed by atoms with van der Waals surface area (Å²) in [5.74, 6) is 1.29. The van der Waals surface area contributed by atoms with Gasteiger partial charge in [-0.3, -0.25) is 15.0 Å². The summed E-state index contributed by atoms with van der Waals surface area (Å²) in [6.45, 7) is 3.64. The largest absolute Gasteiger partial charge is 0.494 e. The van der Waals surface area contributed by atoms with E-state index in [4.69, 9.17) is 9.47 Å². The molecule has 0 bridgehead atoms. The van der Waals surface area contributed by atoms with Gasteiger partial charge >= 0.3 is 6.03 Å². The van der Waals surface area contributed by atoms with Crippen molar-refractivity contribution < 1.29 is 24.2 Å². The van der Waals surface area contributed by atoms with E-state index in [0.29, 0.717) is 26.1 Å². The maximum Gasteiger partial charge on any atom is 0.324 e. The number of ether oxygens (including phenoxy) is 2. The average molecular weight is 454 g/mol. The van der Waals surface area contributed by atoms with E-state index in [1.54, 1.807) is 0 Å². The third-order valence-electron chi connectivity index (χ3n) is 5.92. The minimum absolute atomic E-state index is 0.123. The second-order valence-electron chi connectivity index (χ2n) is 8.76. The van der Waals surface area contributed by atoms with Crippen LogP contribution >= 0.6 is 0 Å². The molecule has 0 radical (unpaired) electrons. The zero-order valence-electron chi connectivity index (χ0n) is 18.7. The molecule has 0 spiro atoms. The first-order valence-electron chi connectivity index (χ1n) is 11.4. The summed E-state index contributed by atoms with van der Waals surface area (Å²) in [4.78, 5) is 26.5. The van der Waals surface area contributed by atoms with Gasteiger partial charge in [-0.1, -0.05) is 30.3 Å². The van der Waals surface area contributed by atoms with Crippen LogP contribution in [0.1, 0.15) is 24.8 Å². The van der Waals surface area contributed by atoms with E-state index >= 15 is 0 Å². The number of nitrogens with one attached hydrogen (secondary N) is 1. The summed E-state index contributed by atoms with van der Waals surface area (Å²) in [6.07, 6.45) is 2.31. The van der Waals surface area contributed by atoms with Gasteiger partial charge in [0.25, 0.3) is 0 Å². The zero-order chi connectivity index (χ0) is 23.1. The summed E-state index contributed by atoms with van der Waals surface area (Å²) in [5, 5.41) is 13.3. The van der Waals surface area contributed by atoms with E-state index in [1.165, 1.54) is 4.90 Å². The van der Waals surface area contributed by atoms with E-state index in [2.05, 4.69) is 10.2 Å². The molecule has 2 aliphatic rings. The van der Waals surface area contributed by atoms with Gasteiger partial charge in [0.1, 0.15) is 30.3 Å². The Morgan fingerprint density at radius 1 is 1.00 bits per heavy atom. The molecule has 8 heteroatoms. The number of benzene rings is 2. The molecule has 2 saturated heterocycles. The highest BCUT2D eigenvalue weighted by atomic mass is 16.5. The van der Waals surface area contributed by atoms with Gasteiger partial charge in [-0.25, -0.2) is 4.79 Å². The predicted molar refractivity (Wildman–Crippen MR) is 123 cm³/mol. The van der Waals surface area contributed by atoms with E-state index in [1.807, 2.05) is 54.6 Å². The van der Waals surface area contributed by atoms with Crippen LogP contribution in [0, 0.1) is 0 Å². The van der Waals surface area contributed by atoms with Crippen LogP contribution in [0.25, 0.3) is 0 Å². The number of para-hydroxylation sites is 1. The molecule has 3 amide bonds. The number of urea groups is 1. The van der Waals surface area contributed by atoms with Crippen molar-refractivity contribution in [2.75, 3.05) is 39.4 Å². The van der Waals surface area contributed by atoms with E-state index in [-0.39, 0.29) is 25.1 Å². The number of hydrogen-bond acceptors (Lipinski definition) is 6. The first-order chi connectivity index (χ1) is 16.0. The molecule has 176 valence electrons. The van der Waals surface area contributed by atoms with Crippen molar-refractivity contribution in [2.45, 2.75) is 31.4 Å². The number of carbonyl (C=O) groups excluding carboxylic acids is 2. The molecule has 2 aromatic carbocycles. The number of imide groups is 1. The van der Waals surface area contributed by atoms with Crippen LogP contribution in [0.4, 0.5) is 4.79 Å². The van der Waals surface area contributed by atoms with Crippen LogP contribution in [0.5, 0.6) is 11.5 Å². The Balaban J connectivity index is 1.19. The van der Waals surface area contributed by atoms with Gasteiger partial charge in [-0.05, 0) is 55.6 Å². The van der Waals surface area contributed by atoms with Crippen molar-refractivity contribution in [2.24, 2.45) is 0 Å². The Bertz CT molecular complexity index is 937. The first kappa shape index (κ1) is 23.1. The molecule has 0 saturated carbocycles. The highest BCUT2D eigenvalue weighted by molar-refractivity contribution is 6.01. The van der Waals surface area contributed by atoms with Crippen LogP contribution < -0.4 is 14.8 Å². The van der Waals surface area contributed by atoms with Gasteiger partial charge in [-0.15, -0.1) is 0 Å². The molecule has 1 unspecified atom stereocenters. The number of amides is 3. The van der Waals surface area contributed by atoms with Crippen molar-refractivity contribution >= 4 is 11.9 Å². The van der Waals surface area contributed by atoms with Crippen molar-refractivity contribution in [3.8, 4) is 11.5 Å². The summed E-state index contributed by atoms with van der Waals surface area (Å²) in [5.41, 5.74) is 0.302. The Morgan fingerprint density at radius 3 is 2.48 bits per heavy atom. The molecule has 8 nitrogen and oxygen atoms in total. The third-order valence-corrected chi connectivity index (χ3v) is 5.92. The Morgan fingerprint density at radius 2 is 1.76 bits per heavy atom. The fourth-order valence-corrected chi connectivity index (χ4v) is 4.25. The van der Waals surface area contributed by atoms with Crippen LogP contribution in [0.15, 0.2) is 54.6 Å². The van der Waals surface area contributed by atoms with Crippen LogP contribution in [-0.4, -0.2) is 71.8 Å². The standard InChI is InChI=1S/C25H31N3O5/c29-23-17-28(24(30)26-23)14-5-15-32-22-10-8-20(9-11-22)16-27-13-4-12-25(31,18-27)19-33-21-6-2-1-3-7-21/h1-3,6-11,31H,4-5,12-19H2,(H,26,29,30). The molecule has 4 rings (SSSR count). The van der Waals surface area contributed by atoms with Crippen LogP contribution in [0.2, 0.25) is 0 Å². The van der Waals surface area contributed by atoms with Gasteiger partial charge in [0.05, 0.1) is 6.61 Å². The number of aliphatic hydroxyl groups is 1. The second kappa shape index (κ2) is 10.7. The lowest BCUT2D eigenvalue weighted by Gasteiger charge is -2.39. The number of hydrogen-bond donors (Lipinski definition) is 2. The molecular weight excluding hydrogens is 422 g/mol. The number of rotatable bonds is 10. The molecule has 1 atom stereocenters. The maximum absolute atomic E-state index is 11.5. The lowest BCUT2D eigenvalue weighted by molar-refractivity contribution is -0.118. The molecular formula is C25H31N3O5.